The van der Waals surface area contributed by atoms with Gasteiger partial charge in [0.05, 0.1) is 12.2 Å². The smallest absolute Gasteiger partial charge is 0.174 e. The molecule has 0 bridgehead atoms. The fourth-order valence-corrected chi connectivity index (χ4v) is 1.71. The van der Waals surface area contributed by atoms with Crippen LogP contribution in [0.4, 0.5) is 0 Å². The molecule has 0 aliphatic rings. The van der Waals surface area contributed by atoms with Crippen LogP contribution in [0.15, 0.2) is 27.8 Å². The summed E-state index contributed by atoms with van der Waals surface area (Å²) < 4.78 is 11.0. The SMILES string of the molecule is COCCOc1cccc(Br)c1/C(N)=N/O. The molecule has 0 unspecified atom stereocenters. The summed E-state index contributed by atoms with van der Waals surface area (Å²) in [5.41, 5.74) is 6.09. The fraction of sp³-hybridized carbons (Fsp3) is 0.300. The van der Waals surface area contributed by atoms with E-state index in [0.717, 1.165) is 0 Å². The number of ether oxygens (including phenoxy) is 2. The molecule has 0 saturated carbocycles. The number of rotatable bonds is 5. The lowest BCUT2D eigenvalue weighted by molar-refractivity contribution is 0.146. The van der Waals surface area contributed by atoms with Crippen molar-refractivity contribution in [2.45, 2.75) is 0 Å². The summed E-state index contributed by atoms with van der Waals surface area (Å²) in [5.74, 6) is 0.543. The monoisotopic (exact) mass is 288 g/mol. The summed E-state index contributed by atoms with van der Waals surface area (Å²) in [7, 11) is 1.59. The van der Waals surface area contributed by atoms with E-state index < -0.39 is 0 Å². The molecule has 0 radical (unpaired) electrons. The van der Waals surface area contributed by atoms with Crippen LogP contribution in [-0.2, 0) is 4.74 Å². The van der Waals surface area contributed by atoms with Crippen molar-refractivity contribution in [1.29, 1.82) is 0 Å². The summed E-state index contributed by atoms with van der Waals surface area (Å²) in [5, 5.41) is 11.6. The maximum atomic E-state index is 8.67. The van der Waals surface area contributed by atoms with Crippen molar-refractivity contribution in [2.75, 3.05) is 20.3 Å². The number of halogens is 1. The highest BCUT2D eigenvalue weighted by Crippen LogP contribution is 2.26. The van der Waals surface area contributed by atoms with Gasteiger partial charge in [-0.3, -0.25) is 0 Å². The molecule has 0 saturated heterocycles. The number of amidine groups is 1. The largest absolute Gasteiger partial charge is 0.490 e. The number of hydrogen-bond donors (Lipinski definition) is 2. The van der Waals surface area contributed by atoms with Crippen LogP contribution in [0.5, 0.6) is 5.75 Å². The lowest BCUT2D eigenvalue weighted by Gasteiger charge is -2.11. The number of nitrogens with zero attached hydrogens (tertiary/aromatic N) is 1. The van der Waals surface area contributed by atoms with Crippen molar-refractivity contribution < 1.29 is 14.7 Å². The van der Waals surface area contributed by atoms with Gasteiger partial charge in [-0.05, 0) is 28.1 Å². The summed E-state index contributed by atoms with van der Waals surface area (Å²) in [6.07, 6.45) is 0. The molecule has 88 valence electrons. The lowest BCUT2D eigenvalue weighted by atomic mass is 10.2. The number of oxime groups is 1. The molecule has 3 N–H and O–H groups in total. The van der Waals surface area contributed by atoms with E-state index in [4.69, 9.17) is 20.4 Å². The van der Waals surface area contributed by atoms with Gasteiger partial charge in [0.2, 0.25) is 0 Å². The van der Waals surface area contributed by atoms with E-state index in [2.05, 4.69) is 21.1 Å². The van der Waals surface area contributed by atoms with Gasteiger partial charge in [0.25, 0.3) is 0 Å². The normalized spacial score (nSPS) is 11.5. The molecule has 0 aliphatic carbocycles. The van der Waals surface area contributed by atoms with Crippen LogP contribution in [0.3, 0.4) is 0 Å². The second-order valence-electron chi connectivity index (χ2n) is 2.94. The predicted molar refractivity (Wildman–Crippen MR) is 64.0 cm³/mol. The topological polar surface area (TPSA) is 77.1 Å². The van der Waals surface area contributed by atoms with E-state index in [-0.39, 0.29) is 5.84 Å². The Kier molecular flexibility index (Phi) is 5.07. The first-order chi connectivity index (χ1) is 7.70. The maximum Gasteiger partial charge on any atom is 0.174 e. The van der Waals surface area contributed by atoms with Crippen LogP contribution in [-0.4, -0.2) is 31.4 Å². The number of hydrogen-bond acceptors (Lipinski definition) is 4. The van der Waals surface area contributed by atoms with Crippen molar-refractivity contribution in [3.05, 3.63) is 28.2 Å². The first-order valence-electron chi connectivity index (χ1n) is 4.59. The van der Waals surface area contributed by atoms with Crippen molar-refractivity contribution in [2.24, 2.45) is 10.9 Å². The van der Waals surface area contributed by atoms with Crippen LogP contribution < -0.4 is 10.5 Å². The van der Waals surface area contributed by atoms with Crippen LogP contribution in [0.2, 0.25) is 0 Å². The van der Waals surface area contributed by atoms with E-state index in [1.165, 1.54) is 0 Å². The molecule has 0 heterocycles. The minimum atomic E-state index is -0.000100. The van der Waals surface area contributed by atoms with E-state index in [9.17, 15) is 0 Å². The van der Waals surface area contributed by atoms with E-state index in [1.54, 1.807) is 25.3 Å². The highest BCUT2D eigenvalue weighted by Gasteiger charge is 2.12. The summed E-state index contributed by atoms with van der Waals surface area (Å²) >= 11 is 3.31. The number of methoxy groups -OCH3 is 1. The highest BCUT2D eigenvalue weighted by atomic mass is 79.9. The van der Waals surface area contributed by atoms with Gasteiger partial charge in [-0.25, -0.2) is 0 Å². The zero-order valence-corrected chi connectivity index (χ0v) is 10.4. The van der Waals surface area contributed by atoms with Crippen molar-refractivity contribution >= 4 is 21.8 Å². The van der Waals surface area contributed by atoms with Crippen molar-refractivity contribution in [1.82, 2.24) is 0 Å². The molecule has 1 rings (SSSR count). The third-order valence-corrected chi connectivity index (χ3v) is 2.55. The van der Waals surface area contributed by atoms with Gasteiger partial charge in [-0.1, -0.05) is 11.2 Å². The van der Waals surface area contributed by atoms with E-state index >= 15 is 0 Å². The molecular weight excluding hydrogens is 276 g/mol. The standard InChI is InChI=1S/C10H13BrN2O3/c1-15-5-6-16-8-4-2-3-7(11)9(8)10(12)13-14/h2-4,14H,5-6H2,1H3,(H2,12,13). The second kappa shape index (κ2) is 6.34. The average molecular weight is 289 g/mol. The average Bonchev–Trinajstić information content (AvgIpc) is 2.29. The molecule has 16 heavy (non-hydrogen) atoms. The molecule has 6 heteroatoms. The molecule has 0 spiro atoms. The lowest BCUT2D eigenvalue weighted by Crippen LogP contribution is -2.16. The van der Waals surface area contributed by atoms with E-state index in [1.807, 2.05) is 0 Å². The summed E-state index contributed by atoms with van der Waals surface area (Å²) in [6.45, 7) is 0.876. The molecule has 1 aromatic carbocycles. The van der Waals surface area contributed by atoms with E-state index in [0.29, 0.717) is 29.0 Å². The quantitative estimate of drug-likeness (QED) is 0.283. The van der Waals surface area contributed by atoms with Crippen LogP contribution in [0, 0.1) is 0 Å². The molecule has 0 aliphatic heterocycles. The Morgan fingerprint density at radius 2 is 2.25 bits per heavy atom. The minimum absolute atomic E-state index is 0.000100. The van der Waals surface area contributed by atoms with Crippen LogP contribution in [0.25, 0.3) is 0 Å². The maximum absolute atomic E-state index is 8.67. The van der Waals surface area contributed by atoms with Crippen LogP contribution in [0.1, 0.15) is 5.56 Å². The highest BCUT2D eigenvalue weighted by molar-refractivity contribution is 9.10. The summed E-state index contributed by atoms with van der Waals surface area (Å²) in [6, 6.07) is 5.34. The Bertz CT molecular complexity index is 382. The number of nitrogens with two attached hydrogens (primary N) is 1. The molecule has 0 atom stereocenters. The molecular formula is C10H13BrN2O3. The van der Waals surface area contributed by atoms with Crippen molar-refractivity contribution in [3.63, 3.8) is 0 Å². The zero-order valence-electron chi connectivity index (χ0n) is 8.81. The second-order valence-corrected chi connectivity index (χ2v) is 3.79. The van der Waals surface area contributed by atoms with Gasteiger partial charge < -0.3 is 20.4 Å². The third-order valence-electron chi connectivity index (χ3n) is 1.88. The van der Waals surface area contributed by atoms with Crippen LogP contribution >= 0.6 is 15.9 Å². The summed E-state index contributed by atoms with van der Waals surface area (Å²) in [4.78, 5) is 0. The Hall–Kier alpha value is -1.27. The molecule has 0 amide bonds. The van der Waals surface area contributed by atoms with Gasteiger partial charge in [-0.2, -0.15) is 0 Å². The first kappa shape index (κ1) is 12.8. The van der Waals surface area contributed by atoms with Gasteiger partial charge in [0.15, 0.2) is 5.84 Å². The molecule has 0 fully saturated rings. The fourth-order valence-electron chi connectivity index (χ4n) is 1.16. The molecule has 5 nitrogen and oxygen atoms in total. The Labute approximate surface area is 102 Å². The minimum Gasteiger partial charge on any atom is -0.490 e. The van der Waals surface area contributed by atoms with Gasteiger partial charge >= 0.3 is 0 Å². The first-order valence-corrected chi connectivity index (χ1v) is 5.38. The zero-order chi connectivity index (χ0) is 12.0. The Balaban J connectivity index is 2.94. The third kappa shape index (κ3) is 3.11. The van der Waals surface area contributed by atoms with Gasteiger partial charge in [0.1, 0.15) is 12.4 Å². The predicted octanol–water partition coefficient (Wildman–Crippen LogP) is 1.57. The Morgan fingerprint density at radius 1 is 1.50 bits per heavy atom. The molecule has 0 aromatic heterocycles. The molecule has 1 aromatic rings. The number of benzene rings is 1. The van der Waals surface area contributed by atoms with Gasteiger partial charge in [0, 0.05) is 11.6 Å². The van der Waals surface area contributed by atoms with Crippen molar-refractivity contribution in [3.8, 4) is 5.75 Å². The van der Waals surface area contributed by atoms with Gasteiger partial charge in [-0.15, -0.1) is 0 Å². The Morgan fingerprint density at radius 3 is 2.88 bits per heavy atom.